The van der Waals surface area contributed by atoms with Crippen molar-refractivity contribution in [3.05, 3.63) is 60.9 Å². The van der Waals surface area contributed by atoms with E-state index in [1.54, 1.807) is 25.1 Å². The van der Waals surface area contributed by atoms with Gasteiger partial charge in [0.05, 0.1) is 11.0 Å². The molecule has 0 aliphatic heterocycles. The minimum Gasteiger partial charge on any atom is -0.451 e. The summed E-state index contributed by atoms with van der Waals surface area (Å²) in [5, 5.41) is 13.9. The summed E-state index contributed by atoms with van der Waals surface area (Å²) in [6.45, 7) is 1.21. The third-order valence-electron chi connectivity index (χ3n) is 3.11. The Labute approximate surface area is 156 Å². The van der Waals surface area contributed by atoms with Crippen molar-refractivity contribution in [2.75, 3.05) is 6.61 Å². The van der Waals surface area contributed by atoms with Crippen LogP contribution in [-0.4, -0.2) is 23.4 Å². The minimum absolute atomic E-state index is 0.0493. The van der Waals surface area contributed by atoms with E-state index in [-0.39, 0.29) is 9.88 Å². The summed E-state index contributed by atoms with van der Waals surface area (Å²) in [7, 11) is 0. The zero-order valence-corrected chi connectivity index (χ0v) is 15.2. The quantitative estimate of drug-likeness (QED) is 0.447. The van der Waals surface area contributed by atoms with E-state index in [2.05, 4.69) is 5.32 Å². The maximum Gasteiger partial charge on any atom is 0.349 e. The summed E-state index contributed by atoms with van der Waals surface area (Å²) in [5.74, 6) is -1.33. The summed E-state index contributed by atoms with van der Waals surface area (Å²) in [6, 6.07) is 6.95. The van der Waals surface area contributed by atoms with Crippen molar-refractivity contribution >= 4 is 51.4 Å². The number of halogens is 2. The number of ether oxygens (including phenoxy) is 1. The number of esters is 1. The molecule has 1 aromatic heterocycles. The summed E-state index contributed by atoms with van der Waals surface area (Å²) in [5.41, 5.74) is 0.666. The third kappa shape index (κ3) is 5.15. The van der Waals surface area contributed by atoms with Crippen LogP contribution < -0.4 is 5.32 Å². The van der Waals surface area contributed by atoms with Gasteiger partial charge in [-0.25, -0.2) is 4.79 Å². The van der Waals surface area contributed by atoms with Gasteiger partial charge in [-0.3, -0.25) is 14.9 Å². The highest BCUT2D eigenvalue weighted by Gasteiger charge is 2.18. The van der Waals surface area contributed by atoms with Crippen LogP contribution in [0.25, 0.3) is 0 Å². The van der Waals surface area contributed by atoms with Gasteiger partial charge in [0.2, 0.25) is 0 Å². The summed E-state index contributed by atoms with van der Waals surface area (Å²) in [6.07, 6.45) is 0. The molecule has 1 aromatic carbocycles. The van der Waals surface area contributed by atoms with Crippen molar-refractivity contribution in [1.82, 2.24) is 5.32 Å². The fraction of sp³-hybridized carbons (Fsp3) is 0.200. The van der Waals surface area contributed by atoms with Gasteiger partial charge in [0.15, 0.2) is 6.61 Å². The molecule has 1 N–H and O–H groups in total. The van der Waals surface area contributed by atoms with E-state index in [1.807, 2.05) is 0 Å². The first-order valence-corrected chi connectivity index (χ1v) is 8.51. The molecule has 1 amide bonds. The lowest BCUT2D eigenvalue weighted by molar-refractivity contribution is -0.380. The highest BCUT2D eigenvalue weighted by molar-refractivity contribution is 7.17. The Morgan fingerprint density at radius 3 is 2.64 bits per heavy atom. The standard InChI is InChI=1S/C15H12Cl2N2O5S/c1-8(10-3-2-9(16)6-11(10)17)18-13(20)7-24-15(21)12-4-5-14(25-12)19(22)23/h2-6,8H,7H2,1H3,(H,18,20)/t8-/m0/s1. The number of thiophene rings is 1. The second kappa shape index (κ2) is 8.28. The predicted molar refractivity (Wildman–Crippen MR) is 94.3 cm³/mol. The number of hydrogen-bond acceptors (Lipinski definition) is 6. The Bertz CT molecular complexity index is 824. The SMILES string of the molecule is C[C@H](NC(=O)COC(=O)c1ccc([N+](=O)[O-])s1)c1ccc(Cl)cc1Cl. The van der Waals surface area contributed by atoms with E-state index in [9.17, 15) is 19.7 Å². The first-order valence-electron chi connectivity index (χ1n) is 6.93. The van der Waals surface area contributed by atoms with Gasteiger partial charge in [-0.1, -0.05) is 40.6 Å². The van der Waals surface area contributed by atoms with Gasteiger partial charge in [-0.2, -0.15) is 0 Å². The molecule has 0 spiro atoms. The Morgan fingerprint density at radius 2 is 2.04 bits per heavy atom. The van der Waals surface area contributed by atoms with Gasteiger partial charge >= 0.3 is 11.0 Å². The van der Waals surface area contributed by atoms with Crippen LogP contribution in [0.15, 0.2) is 30.3 Å². The lowest BCUT2D eigenvalue weighted by Gasteiger charge is -2.16. The first-order chi connectivity index (χ1) is 11.8. The fourth-order valence-corrected chi connectivity index (χ4v) is 3.24. The largest absolute Gasteiger partial charge is 0.451 e. The molecule has 1 atom stereocenters. The fourth-order valence-electron chi connectivity index (χ4n) is 1.95. The normalized spacial score (nSPS) is 11.6. The van der Waals surface area contributed by atoms with Crippen LogP contribution in [0.1, 0.15) is 28.2 Å². The third-order valence-corrected chi connectivity index (χ3v) is 4.69. The number of carbonyl (C=O) groups is 2. The Kier molecular flexibility index (Phi) is 6.35. The molecule has 0 unspecified atom stereocenters. The number of nitrogens with one attached hydrogen (secondary N) is 1. The van der Waals surface area contributed by atoms with Crippen molar-refractivity contribution in [3.8, 4) is 0 Å². The zero-order valence-electron chi connectivity index (χ0n) is 12.8. The van der Waals surface area contributed by atoms with E-state index in [4.69, 9.17) is 27.9 Å². The number of amides is 1. The average Bonchev–Trinajstić information content (AvgIpc) is 3.02. The number of nitrogens with zero attached hydrogens (tertiary/aromatic N) is 1. The lowest BCUT2D eigenvalue weighted by atomic mass is 10.1. The smallest absolute Gasteiger partial charge is 0.349 e. The van der Waals surface area contributed by atoms with Gasteiger partial charge in [-0.05, 0) is 30.7 Å². The number of carbonyl (C=O) groups excluding carboxylic acids is 2. The summed E-state index contributed by atoms with van der Waals surface area (Å²) in [4.78, 5) is 33.7. The molecule has 1 heterocycles. The van der Waals surface area contributed by atoms with E-state index in [1.165, 1.54) is 12.1 Å². The van der Waals surface area contributed by atoms with Crippen LogP contribution in [0.4, 0.5) is 5.00 Å². The zero-order chi connectivity index (χ0) is 18.6. The Balaban J connectivity index is 1.89. The van der Waals surface area contributed by atoms with Gasteiger partial charge in [-0.15, -0.1) is 0 Å². The maximum atomic E-state index is 11.9. The second-order valence-corrected chi connectivity index (χ2v) is 6.83. The van der Waals surface area contributed by atoms with Gasteiger partial charge in [0, 0.05) is 16.1 Å². The number of nitro groups is 1. The van der Waals surface area contributed by atoms with Crippen LogP contribution in [0, 0.1) is 10.1 Å². The second-order valence-electron chi connectivity index (χ2n) is 4.93. The minimum atomic E-state index is -0.801. The maximum absolute atomic E-state index is 11.9. The molecular formula is C15H12Cl2N2O5S. The summed E-state index contributed by atoms with van der Waals surface area (Å²) >= 11 is 12.6. The van der Waals surface area contributed by atoms with Crippen molar-refractivity contribution in [2.24, 2.45) is 0 Å². The van der Waals surface area contributed by atoms with Crippen LogP contribution in [-0.2, 0) is 9.53 Å². The summed E-state index contributed by atoms with van der Waals surface area (Å²) < 4.78 is 4.85. The van der Waals surface area contributed by atoms with Crippen LogP contribution in [0.5, 0.6) is 0 Å². The van der Waals surface area contributed by atoms with Crippen molar-refractivity contribution in [2.45, 2.75) is 13.0 Å². The van der Waals surface area contributed by atoms with E-state index in [0.717, 1.165) is 0 Å². The number of hydrogen-bond donors (Lipinski definition) is 1. The lowest BCUT2D eigenvalue weighted by Crippen LogP contribution is -2.31. The molecule has 0 aliphatic carbocycles. The Hall–Kier alpha value is -2.16. The van der Waals surface area contributed by atoms with Gasteiger partial charge in [0.1, 0.15) is 4.88 Å². The van der Waals surface area contributed by atoms with Crippen molar-refractivity contribution in [1.29, 1.82) is 0 Å². The van der Waals surface area contributed by atoms with E-state index in [0.29, 0.717) is 26.9 Å². The van der Waals surface area contributed by atoms with Crippen LogP contribution in [0.3, 0.4) is 0 Å². The molecule has 0 bridgehead atoms. The van der Waals surface area contributed by atoms with Crippen molar-refractivity contribution in [3.63, 3.8) is 0 Å². The van der Waals surface area contributed by atoms with Crippen molar-refractivity contribution < 1.29 is 19.2 Å². The van der Waals surface area contributed by atoms with Gasteiger partial charge in [0.25, 0.3) is 5.91 Å². The average molecular weight is 403 g/mol. The number of rotatable bonds is 6. The molecule has 0 radical (unpaired) electrons. The predicted octanol–water partition coefficient (Wildman–Crippen LogP) is 4.00. The monoisotopic (exact) mass is 402 g/mol. The highest BCUT2D eigenvalue weighted by Crippen LogP contribution is 2.26. The van der Waals surface area contributed by atoms with E-state index >= 15 is 0 Å². The van der Waals surface area contributed by atoms with Gasteiger partial charge < -0.3 is 10.1 Å². The Morgan fingerprint density at radius 1 is 1.32 bits per heavy atom. The molecule has 10 heteroatoms. The molecule has 2 rings (SSSR count). The molecule has 0 aliphatic rings. The van der Waals surface area contributed by atoms with Crippen LogP contribution in [0.2, 0.25) is 10.0 Å². The highest BCUT2D eigenvalue weighted by atomic mass is 35.5. The first kappa shape index (κ1) is 19.2. The molecule has 0 saturated carbocycles. The molecule has 25 heavy (non-hydrogen) atoms. The molecular weight excluding hydrogens is 391 g/mol. The molecule has 2 aromatic rings. The molecule has 0 saturated heterocycles. The molecule has 7 nitrogen and oxygen atoms in total. The van der Waals surface area contributed by atoms with E-state index < -0.39 is 29.4 Å². The number of benzene rings is 1. The molecule has 132 valence electrons. The van der Waals surface area contributed by atoms with Crippen LogP contribution >= 0.6 is 34.5 Å². The topological polar surface area (TPSA) is 98.5 Å². The molecule has 0 fully saturated rings.